The quantitative estimate of drug-likeness (QED) is 0.879. The van der Waals surface area contributed by atoms with Crippen molar-refractivity contribution in [2.45, 2.75) is 26.9 Å². The van der Waals surface area contributed by atoms with E-state index in [-0.39, 0.29) is 12.5 Å². The lowest BCUT2D eigenvalue weighted by atomic mass is 10.2. The van der Waals surface area contributed by atoms with Crippen LogP contribution in [0, 0.1) is 6.92 Å². The van der Waals surface area contributed by atoms with Gasteiger partial charge in [0.25, 0.3) is 5.91 Å². The van der Waals surface area contributed by atoms with E-state index in [0.29, 0.717) is 28.8 Å². The predicted molar refractivity (Wildman–Crippen MR) is 81.9 cm³/mol. The van der Waals surface area contributed by atoms with Gasteiger partial charge in [0.15, 0.2) is 5.76 Å². The zero-order valence-electron chi connectivity index (χ0n) is 12.1. The Hall–Kier alpha value is -1.94. The highest BCUT2D eigenvalue weighted by atomic mass is 35.5. The van der Waals surface area contributed by atoms with Gasteiger partial charge in [-0.05, 0) is 49.2 Å². The molecule has 1 N–H and O–H groups in total. The summed E-state index contributed by atoms with van der Waals surface area (Å²) >= 11 is 5.96. The molecular weight excluding hydrogens is 290 g/mol. The molecule has 112 valence electrons. The summed E-state index contributed by atoms with van der Waals surface area (Å²) in [6.07, 6.45) is 0.887. The van der Waals surface area contributed by atoms with Crippen LogP contribution in [-0.4, -0.2) is 12.5 Å². The summed E-state index contributed by atoms with van der Waals surface area (Å²) in [6, 6.07) is 8.84. The first-order chi connectivity index (χ1) is 10.1. The molecule has 0 unspecified atom stereocenters. The molecule has 1 aromatic heterocycles. The van der Waals surface area contributed by atoms with Gasteiger partial charge in [-0.1, -0.05) is 18.5 Å². The Bertz CT molecular complexity index is 622. The molecule has 0 radical (unpaired) electrons. The fraction of sp³-hybridized carbons (Fsp3) is 0.312. The van der Waals surface area contributed by atoms with Gasteiger partial charge in [-0.2, -0.15) is 0 Å². The topological polar surface area (TPSA) is 51.5 Å². The van der Waals surface area contributed by atoms with Gasteiger partial charge in [-0.3, -0.25) is 4.79 Å². The van der Waals surface area contributed by atoms with Crippen molar-refractivity contribution < 1.29 is 13.9 Å². The Morgan fingerprint density at radius 1 is 1.33 bits per heavy atom. The lowest BCUT2D eigenvalue weighted by Crippen LogP contribution is -2.23. The van der Waals surface area contributed by atoms with Gasteiger partial charge in [0, 0.05) is 11.6 Å². The summed E-state index contributed by atoms with van der Waals surface area (Å²) in [5.41, 5.74) is 0.952. The molecule has 0 fully saturated rings. The number of hydrogen-bond acceptors (Lipinski definition) is 3. The molecule has 1 heterocycles. The van der Waals surface area contributed by atoms with E-state index in [4.69, 9.17) is 20.8 Å². The van der Waals surface area contributed by atoms with Crippen molar-refractivity contribution in [3.05, 3.63) is 52.4 Å². The number of ether oxygens (including phenoxy) is 1. The monoisotopic (exact) mass is 307 g/mol. The second-order valence-electron chi connectivity index (χ2n) is 4.72. The molecule has 1 amide bonds. The van der Waals surface area contributed by atoms with E-state index in [1.807, 2.05) is 19.9 Å². The minimum atomic E-state index is -0.203. The molecule has 0 aliphatic rings. The molecule has 0 atom stereocenters. The maximum absolute atomic E-state index is 11.7. The average molecular weight is 308 g/mol. The van der Waals surface area contributed by atoms with Crippen molar-refractivity contribution in [2.24, 2.45) is 0 Å². The van der Waals surface area contributed by atoms with Crippen LogP contribution in [0.15, 0.2) is 34.7 Å². The first-order valence-electron chi connectivity index (χ1n) is 6.86. The summed E-state index contributed by atoms with van der Waals surface area (Å²) in [4.78, 5) is 11.7. The first kappa shape index (κ1) is 15.4. The lowest BCUT2D eigenvalue weighted by molar-refractivity contribution is 0.0922. The largest absolute Gasteiger partial charge is 0.486 e. The van der Waals surface area contributed by atoms with Crippen molar-refractivity contribution in [3.63, 3.8) is 0 Å². The van der Waals surface area contributed by atoms with Crippen molar-refractivity contribution in [1.29, 1.82) is 0 Å². The molecule has 21 heavy (non-hydrogen) atoms. The number of furan rings is 1. The zero-order valence-corrected chi connectivity index (χ0v) is 12.9. The molecule has 0 aliphatic heterocycles. The van der Waals surface area contributed by atoms with E-state index >= 15 is 0 Å². The Kier molecular flexibility index (Phi) is 5.28. The van der Waals surface area contributed by atoms with Crippen LogP contribution in [-0.2, 0) is 6.61 Å². The van der Waals surface area contributed by atoms with Gasteiger partial charge >= 0.3 is 0 Å². The van der Waals surface area contributed by atoms with Crippen LogP contribution in [0.25, 0.3) is 0 Å². The van der Waals surface area contributed by atoms with Crippen molar-refractivity contribution in [2.75, 3.05) is 6.54 Å². The number of hydrogen-bond donors (Lipinski definition) is 1. The standard InChI is InChI=1S/C16H18ClNO3/c1-3-8-18-16(19)15-7-5-13(21-15)10-20-12-4-6-14(17)11(2)9-12/h4-7,9H,3,8,10H2,1-2H3,(H,18,19). The third kappa shape index (κ3) is 4.26. The van der Waals surface area contributed by atoms with Crippen LogP contribution in [0.1, 0.15) is 35.2 Å². The van der Waals surface area contributed by atoms with Gasteiger partial charge in [0.1, 0.15) is 18.1 Å². The number of carbonyl (C=O) groups is 1. The number of rotatable bonds is 6. The third-order valence-corrected chi connectivity index (χ3v) is 3.36. The van der Waals surface area contributed by atoms with Crippen LogP contribution in [0.4, 0.5) is 0 Å². The molecule has 0 saturated heterocycles. The molecule has 0 saturated carbocycles. The Morgan fingerprint density at radius 3 is 2.86 bits per heavy atom. The smallest absolute Gasteiger partial charge is 0.286 e. The molecule has 0 aliphatic carbocycles. The molecule has 1 aromatic carbocycles. The highest BCUT2D eigenvalue weighted by molar-refractivity contribution is 6.31. The average Bonchev–Trinajstić information content (AvgIpc) is 2.95. The fourth-order valence-electron chi connectivity index (χ4n) is 1.76. The summed E-state index contributed by atoms with van der Waals surface area (Å²) in [6.45, 7) is 4.81. The van der Waals surface area contributed by atoms with E-state index in [1.165, 1.54) is 0 Å². The van der Waals surface area contributed by atoms with E-state index in [1.54, 1.807) is 24.3 Å². The number of benzene rings is 1. The molecule has 2 rings (SSSR count). The van der Waals surface area contributed by atoms with Crippen LogP contribution < -0.4 is 10.1 Å². The zero-order chi connectivity index (χ0) is 15.2. The van der Waals surface area contributed by atoms with Gasteiger partial charge in [-0.25, -0.2) is 0 Å². The molecular formula is C16H18ClNO3. The number of aryl methyl sites for hydroxylation is 1. The fourth-order valence-corrected chi connectivity index (χ4v) is 1.88. The predicted octanol–water partition coefficient (Wildman–Crippen LogP) is 3.96. The minimum Gasteiger partial charge on any atom is -0.486 e. The summed E-state index contributed by atoms with van der Waals surface area (Å²) in [5.74, 6) is 1.41. The molecule has 4 nitrogen and oxygen atoms in total. The number of halogens is 1. The number of carbonyl (C=O) groups excluding carboxylic acids is 1. The maximum atomic E-state index is 11.7. The SMILES string of the molecule is CCCNC(=O)c1ccc(COc2ccc(Cl)c(C)c2)o1. The van der Waals surface area contributed by atoms with Crippen LogP contribution in [0.5, 0.6) is 5.75 Å². The Morgan fingerprint density at radius 2 is 2.14 bits per heavy atom. The molecule has 2 aromatic rings. The van der Waals surface area contributed by atoms with E-state index in [0.717, 1.165) is 12.0 Å². The van der Waals surface area contributed by atoms with E-state index in [2.05, 4.69) is 5.32 Å². The Balaban J connectivity index is 1.93. The molecule has 0 bridgehead atoms. The summed E-state index contributed by atoms with van der Waals surface area (Å²) in [7, 11) is 0. The van der Waals surface area contributed by atoms with Gasteiger partial charge < -0.3 is 14.5 Å². The first-order valence-corrected chi connectivity index (χ1v) is 7.24. The van der Waals surface area contributed by atoms with Gasteiger partial charge in [-0.15, -0.1) is 0 Å². The van der Waals surface area contributed by atoms with Gasteiger partial charge in [0.2, 0.25) is 0 Å². The van der Waals surface area contributed by atoms with Crippen LogP contribution in [0.3, 0.4) is 0 Å². The summed E-state index contributed by atoms with van der Waals surface area (Å²) in [5, 5.41) is 3.47. The second kappa shape index (κ2) is 7.18. The third-order valence-electron chi connectivity index (χ3n) is 2.93. The second-order valence-corrected chi connectivity index (χ2v) is 5.13. The molecule has 5 heteroatoms. The lowest BCUT2D eigenvalue weighted by Gasteiger charge is -2.06. The summed E-state index contributed by atoms with van der Waals surface area (Å²) < 4.78 is 11.1. The van der Waals surface area contributed by atoms with E-state index < -0.39 is 0 Å². The van der Waals surface area contributed by atoms with Crippen molar-refractivity contribution in [3.8, 4) is 5.75 Å². The van der Waals surface area contributed by atoms with Gasteiger partial charge in [0.05, 0.1) is 0 Å². The molecule has 0 spiro atoms. The van der Waals surface area contributed by atoms with Crippen molar-refractivity contribution >= 4 is 17.5 Å². The Labute approximate surface area is 129 Å². The normalized spacial score (nSPS) is 10.4. The highest BCUT2D eigenvalue weighted by Gasteiger charge is 2.10. The maximum Gasteiger partial charge on any atom is 0.286 e. The van der Waals surface area contributed by atoms with Crippen molar-refractivity contribution in [1.82, 2.24) is 5.32 Å². The number of nitrogens with one attached hydrogen (secondary N) is 1. The highest BCUT2D eigenvalue weighted by Crippen LogP contribution is 2.22. The number of amides is 1. The van der Waals surface area contributed by atoms with Crippen LogP contribution >= 0.6 is 11.6 Å². The van der Waals surface area contributed by atoms with E-state index in [9.17, 15) is 4.79 Å². The minimum absolute atomic E-state index is 0.203. The van der Waals surface area contributed by atoms with Crippen LogP contribution in [0.2, 0.25) is 5.02 Å².